The van der Waals surface area contributed by atoms with E-state index < -0.39 is 0 Å². The van der Waals surface area contributed by atoms with E-state index >= 15 is 0 Å². The Morgan fingerprint density at radius 2 is 2.20 bits per heavy atom. The lowest BCUT2D eigenvalue weighted by atomic mass is 10.0. The van der Waals surface area contributed by atoms with Gasteiger partial charge < -0.3 is 4.74 Å². The van der Waals surface area contributed by atoms with Crippen LogP contribution in [0.25, 0.3) is 0 Å². The summed E-state index contributed by atoms with van der Waals surface area (Å²) < 4.78 is 5.51. The highest BCUT2D eigenvalue weighted by molar-refractivity contribution is 5.78. The third kappa shape index (κ3) is 2.10. The van der Waals surface area contributed by atoms with Gasteiger partial charge in [0.1, 0.15) is 5.78 Å². The van der Waals surface area contributed by atoms with Crippen molar-refractivity contribution < 1.29 is 9.53 Å². The van der Waals surface area contributed by atoms with Crippen molar-refractivity contribution in [2.45, 2.75) is 31.8 Å². The Morgan fingerprint density at radius 1 is 1.47 bits per heavy atom. The van der Waals surface area contributed by atoms with Crippen LogP contribution in [-0.4, -0.2) is 12.9 Å². The number of carbonyl (C=O) groups excluding carboxylic acids is 1. The number of methoxy groups -OCH3 is 1. The summed E-state index contributed by atoms with van der Waals surface area (Å²) in [5, 5.41) is 0. The molecule has 1 aromatic rings. The molecule has 15 heavy (non-hydrogen) atoms. The topological polar surface area (TPSA) is 26.3 Å². The van der Waals surface area contributed by atoms with Gasteiger partial charge in [-0.05, 0) is 30.9 Å². The van der Waals surface area contributed by atoms with E-state index in [0.717, 1.165) is 18.4 Å². The molecular weight excluding hydrogens is 188 g/mol. The van der Waals surface area contributed by atoms with E-state index in [2.05, 4.69) is 12.1 Å². The molecule has 0 heterocycles. The van der Waals surface area contributed by atoms with Gasteiger partial charge in [0, 0.05) is 13.5 Å². The Kier molecular flexibility index (Phi) is 2.61. The second-order valence-corrected chi connectivity index (χ2v) is 4.28. The summed E-state index contributed by atoms with van der Waals surface area (Å²) in [5.74, 6) is 0.203. The minimum Gasteiger partial charge on any atom is -0.374 e. The summed E-state index contributed by atoms with van der Waals surface area (Å²) in [6.07, 6.45) is 2.70. The number of rotatable bonds is 4. The molecule has 0 amide bonds. The minimum absolute atomic E-state index is 0.0488. The number of hydrogen-bond donors (Lipinski definition) is 0. The maximum Gasteiger partial charge on any atom is 0.134 e. The predicted octanol–water partition coefficient (Wildman–Crippen LogP) is 2.45. The van der Waals surface area contributed by atoms with Gasteiger partial charge in [0.25, 0.3) is 0 Å². The number of ketones is 1. The van der Waals surface area contributed by atoms with E-state index in [9.17, 15) is 4.79 Å². The van der Waals surface area contributed by atoms with Crippen molar-refractivity contribution in [3.05, 3.63) is 35.4 Å². The van der Waals surface area contributed by atoms with Crippen LogP contribution in [0.15, 0.2) is 24.3 Å². The second kappa shape index (κ2) is 3.78. The number of carbonyl (C=O) groups is 1. The van der Waals surface area contributed by atoms with E-state index in [-0.39, 0.29) is 11.4 Å². The standard InChI is InChI=1S/C13H16O2/c1-10(14)8-11-4-3-5-12(9-11)13(15-2)6-7-13/h3-5,9H,6-8H2,1-2H3. The molecule has 0 bridgehead atoms. The Labute approximate surface area is 90.3 Å². The summed E-state index contributed by atoms with van der Waals surface area (Å²) in [5.41, 5.74) is 2.25. The van der Waals surface area contributed by atoms with Gasteiger partial charge in [-0.1, -0.05) is 24.3 Å². The van der Waals surface area contributed by atoms with Gasteiger partial charge in [-0.15, -0.1) is 0 Å². The average Bonchev–Trinajstić information content (AvgIpc) is 2.97. The fourth-order valence-corrected chi connectivity index (χ4v) is 1.98. The molecule has 0 aromatic heterocycles. The molecule has 0 saturated heterocycles. The molecule has 0 radical (unpaired) electrons. The van der Waals surface area contributed by atoms with Crippen LogP contribution in [0.4, 0.5) is 0 Å². The Morgan fingerprint density at radius 3 is 2.73 bits per heavy atom. The average molecular weight is 204 g/mol. The van der Waals surface area contributed by atoms with Crippen molar-refractivity contribution in [3.63, 3.8) is 0 Å². The lowest BCUT2D eigenvalue weighted by Crippen LogP contribution is -2.09. The maximum absolute atomic E-state index is 11.0. The SMILES string of the molecule is COC1(c2cccc(CC(C)=O)c2)CC1. The molecule has 0 aliphatic heterocycles. The quantitative estimate of drug-likeness (QED) is 0.753. The molecule has 0 spiro atoms. The summed E-state index contributed by atoms with van der Waals surface area (Å²) >= 11 is 0. The summed E-state index contributed by atoms with van der Waals surface area (Å²) in [4.78, 5) is 11.0. The van der Waals surface area contributed by atoms with E-state index in [4.69, 9.17) is 4.74 Å². The van der Waals surface area contributed by atoms with Gasteiger partial charge in [0.2, 0.25) is 0 Å². The van der Waals surface area contributed by atoms with Crippen molar-refractivity contribution in [1.82, 2.24) is 0 Å². The van der Waals surface area contributed by atoms with Crippen molar-refractivity contribution in [3.8, 4) is 0 Å². The number of ether oxygens (including phenoxy) is 1. The second-order valence-electron chi connectivity index (χ2n) is 4.28. The van der Waals surface area contributed by atoms with Crippen molar-refractivity contribution >= 4 is 5.78 Å². The maximum atomic E-state index is 11.0. The first kappa shape index (κ1) is 10.4. The first-order chi connectivity index (χ1) is 7.16. The number of benzene rings is 1. The molecule has 1 fully saturated rings. The van der Waals surface area contributed by atoms with Crippen LogP contribution >= 0.6 is 0 Å². The lowest BCUT2D eigenvalue weighted by molar-refractivity contribution is -0.116. The Bertz CT molecular complexity index is 378. The normalized spacial score (nSPS) is 17.5. The summed E-state index contributed by atoms with van der Waals surface area (Å²) in [6, 6.07) is 8.18. The molecule has 2 rings (SSSR count). The first-order valence-electron chi connectivity index (χ1n) is 5.30. The summed E-state index contributed by atoms with van der Waals surface area (Å²) in [6.45, 7) is 1.62. The van der Waals surface area contributed by atoms with E-state index in [1.807, 2.05) is 12.1 Å². The smallest absolute Gasteiger partial charge is 0.134 e. The molecule has 0 unspecified atom stereocenters. The van der Waals surface area contributed by atoms with E-state index in [1.54, 1.807) is 14.0 Å². The highest BCUT2D eigenvalue weighted by Crippen LogP contribution is 2.48. The van der Waals surface area contributed by atoms with Crippen LogP contribution in [-0.2, 0) is 21.6 Å². The van der Waals surface area contributed by atoms with Gasteiger partial charge in [0.05, 0.1) is 5.60 Å². The van der Waals surface area contributed by atoms with Crippen molar-refractivity contribution in [1.29, 1.82) is 0 Å². The van der Waals surface area contributed by atoms with Crippen LogP contribution in [0, 0.1) is 0 Å². The minimum atomic E-state index is -0.0488. The Balaban J connectivity index is 2.23. The van der Waals surface area contributed by atoms with Crippen LogP contribution in [0.2, 0.25) is 0 Å². The third-order valence-corrected chi connectivity index (χ3v) is 3.00. The lowest BCUT2D eigenvalue weighted by Gasteiger charge is -2.14. The molecule has 80 valence electrons. The molecular formula is C13H16O2. The Hall–Kier alpha value is -1.15. The van der Waals surface area contributed by atoms with Crippen LogP contribution in [0.5, 0.6) is 0 Å². The highest BCUT2D eigenvalue weighted by Gasteiger charge is 2.44. The van der Waals surface area contributed by atoms with E-state index in [1.165, 1.54) is 5.56 Å². The molecule has 0 N–H and O–H groups in total. The molecule has 0 atom stereocenters. The van der Waals surface area contributed by atoms with E-state index in [0.29, 0.717) is 6.42 Å². The van der Waals surface area contributed by atoms with Crippen LogP contribution in [0.3, 0.4) is 0 Å². The first-order valence-corrected chi connectivity index (χ1v) is 5.30. The van der Waals surface area contributed by atoms with Crippen molar-refractivity contribution in [2.24, 2.45) is 0 Å². The zero-order valence-electron chi connectivity index (χ0n) is 9.25. The molecule has 1 aliphatic rings. The molecule has 2 heteroatoms. The molecule has 1 aromatic carbocycles. The van der Waals surface area contributed by atoms with Crippen LogP contribution < -0.4 is 0 Å². The predicted molar refractivity (Wildman–Crippen MR) is 58.7 cm³/mol. The summed E-state index contributed by atoms with van der Waals surface area (Å²) in [7, 11) is 1.75. The van der Waals surface area contributed by atoms with Gasteiger partial charge in [-0.2, -0.15) is 0 Å². The number of Topliss-reactive ketones (excluding diaryl/α,β-unsaturated/α-hetero) is 1. The zero-order chi connectivity index (χ0) is 10.9. The fourth-order valence-electron chi connectivity index (χ4n) is 1.98. The fraction of sp³-hybridized carbons (Fsp3) is 0.462. The highest BCUT2D eigenvalue weighted by atomic mass is 16.5. The number of hydrogen-bond acceptors (Lipinski definition) is 2. The molecule has 1 aliphatic carbocycles. The van der Waals surface area contributed by atoms with Gasteiger partial charge in [0.15, 0.2) is 0 Å². The van der Waals surface area contributed by atoms with Gasteiger partial charge in [-0.3, -0.25) is 4.79 Å². The monoisotopic (exact) mass is 204 g/mol. The van der Waals surface area contributed by atoms with Crippen molar-refractivity contribution in [2.75, 3.05) is 7.11 Å². The van der Waals surface area contributed by atoms with Crippen LogP contribution in [0.1, 0.15) is 30.9 Å². The zero-order valence-corrected chi connectivity index (χ0v) is 9.25. The molecule has 2 nitrogen and oxygen atoms in total. The van der Waals surface area contributed by atoms with Gasteiger partial charge in [-0.25, -0.2) is 0 Å². The van der Waals surface area contributed by atoms with Gasteiger partial charge >= 0.3 is 0 Å². The largest absolute Gasteiger partial charge is 0.374 e. The molecule has 1 saturated carbocycles. The third-order valence-electron chi connectivity index (χ3n) is 3.00.